The molecule has 3 aromatic carbocycles. The first-order valence-electron chi connectivity index (χ1n) is 11.5. The van der Waals surface area contributed by atoms with Gasteiger partial charge in [-0.3, -0.25) is 4.79 Å². The number of alkyl halides is 3. The number of carbonyl (C=O) groups excluding carboxylic acids is 1. The number of ether oxygens (including phenoxy) is 2. The van der Waals surface area contributed by atoms with Crippen LogP contribution in [0.25, 0.3) is 11.0 Å². The van der Waals surface area contributed by atoms with Gasteiger partial charge < -0.3 is 19.2 Å². The summed E-state index contributed by atoms with van der Waals surface area (Å²) in [4.78, 5) is 21.0. The molecule has 1 N–H and O–H groups in total. The van der Waals surface area contributed by atoms with E-state index in [4.69, 9.17) is 13.9 Å². The van der Waals surface area contributed by atoms with Crippen molar-refractivity contribution in [1.29, 1.82) is 0 Å². The Labute approximate surface area is 214 Å². The molecule has 38 heavy (non-hydrogen) atoms. The van der Waals surface area contributed by atoms with Gasteiger partial charge in [-0.25, -0.2) is 9.97 Å². The lowest BCUT2D eigenvalue weighted by Gasteiger charge is -2.09. The van der Waals surface area contributed by atoms with E-state index in [1.54, 1.807) is 24.3 Å². The van der Waals surface area contributed by atoms with Crippen LogP contribution >= 0.6 is 0 Å². The van der Waals surface area contributed by atoms with E-state index in [1.807, 2.05) is 30.3 Å². The highest BCUT2D eigenvalue weighted by atomic mass is 19.4. The van der Waals surface area contributed by atoms with E-state index in [9.17, 15) is 18.0 Å². The third-order valence-corrected chi connectivity index (χ3v) is 5.52. The lowest BCUT2D eigenvalue weighted by Crippen LogP contribution is -2.12. The SMILES string of the molecule is O=C(Nc1cccc(C(F)(F)F)c1)c1coc2cc(Oc3cc(COCc4ccccc4)ncn3)ccc12. The fourth-order valence-electron chi connectivity index (χ4n) is 3.70. The number of aromatic nitrogens is 2. The van der Waals surface area contributed by atoms with Crippen LogP contribution in [0.2, 0.25) is 0 Å². The zero-order valence-electron chi connectivity index (χ0n) is 19.7. The number of halogens is 3. The molecule has 10 heteroatoms. The van der Waals surface area contributed by atoms with Gasteiger partial charge in [-0.05, 0) is 35.9 Å². The summed E-state index contributed by atoms with van der Waals surface area (Å²) in [6, 6.07) is 20.7. The van der Waals surface area contributed by atoms with Crippen molar-refractivity contribution in [1.82, 2.24) is 9.97 Å². The second-order valence-corrected chi connectivity index (χ2v) is 8.27. The molecule has 0 saturated heterocycles. The maximum Gasteiger partial charge on any atom is 0.416 e. The quantitative estimate of drug-likeness (QED) is 0.238. The van der Waals surface area contributed by atoms with E-state index in [0.29, 0.717) is 34.9 Å². The Morgan fingerprint density at radius 1 is 0.921 bits per heavy atom. The minimum Gasteiger partial charge on any atom is -0.463 e. The van der Waals surface area contributed by atoms with Crippen LogP contribution in [0.4, 0.5) is 18.9 Å². The van der Waals surface area contributed by atoms with E-state index < -0.39 is 17.6 Å². The second-order valence-electron chi connectivity index (χ2n) is 8.27. The highest BCUT2D eigenvalue weighted by molar-refractivity contribution is 6.12. The minimum absolute atomic E-state index is 0.0199. The monoisotopic (exact) mass is 519 g/mol. The van der Waals surface area contributed by atoms with Crippen LogP contribution in [0.5, 0.6) is 11.6 Å². The van der Waals surface area contributed by atoms with Crippen molar-refractivity contribution in [2.75, 3.05) is 5.32 Å². The van der Waals surface area contributed by atoms with Crippen LogP contribution in [-0.2, 0) is 24.1 Å². The fourth-order valence-corrected chi connectivity index (χ4v) is 3.70. The van der Waals surface area contributed by atoms with Crippen molar-refractivity contribution in [2.24, 2.45) is 0 Å². The Balaban J connectivity index is 1.24. The van der Waals surface area contributed by atoms with Gasteiger partial charge in [0.15, 0.2) is 0 Å². The van der Waals surface area contributed by atoms with Crippen LogP contribution in [0.15, 0.2) is 95.9 Å². The van der Waals surface area contributed by atoms with Crippen molar-refractivity contribution in [3.05, 3.63) is 114 Å². The Morgan fingerprint density at radius 3 is 2.58 bits per heavy atom. The molecule has 0 unspecified atom stereocenters. The summed E-state index contributed by atoms with van der Waals surface area (Å²) in [5.41, 5.74) is 1.38. The molecule has 0 aliphatic rings. The number of hydrogen-bond donors (Lipinski definition) is 1. The molecule has 0 radical (unpaired) electrons. The molecule has 2 heterocycles. The van der Waals surface area contributed by atoms with Gasteiger partial charge in [0.05, 0.1) is 30.0 Å². The molecule has 0 saturated carbocycles. The summed E-state index contributed by atoms with van der Waals surface area (Å²) in [7, 11) is 0. The smallest absolute Gasteiger partial charge is 0.416 e. The molecule has 0 aliphatic carbocycles. The molecule has 0 fully saturated rings. The zero-order chi connectivity index (χ0) is 26.5. The Kier molecular flexibility index (Phi) is 7.05. The largest absolute Gasteiger partial charge is 0.463 e. The van der Waals surface area contributed by atoms with Gasteiger partial charge in [0.1, 0.15) is 23.9 Å². The third-order valence-electron chi connectivity index (χ3n) is 5.52. The molecule has 0 spiro atoms. The van der Waals surface area contributed by atoms with Crippen molar-refractivity contribution in [3.8, 4) is 11.6 Å². The normalized spacial score (nSPS) is 11.4. The van der Waals surface area contributed by atoms with E-state index in [0.717, 1.165) is 17.7 Å². The molecule has 0 atom stereocenters. The number of anilines is 1. The molecule has 5 rings (SSSR count). The summed E-state index contributed by atoms with van der Waals surface area (Å²) in [5.74, 6) is 0.103. The molecule has 192 valence electrons. The second kappa shape index (κ2) is 10.7. The van der Waals surface area contributed by atoms with Crippen LogP contribution in [0.3, 0.4) is 0 Å². The van der Waals surface area contributed by atoms with Gasteiger partial charge in [-0.1, -0.05) is 36.4 Å². The highest BCUT2D eigenvalue weighted by Crippen LogP contribution is 2.32. The minimum atomic E-state index is -4.51. The van der Waals surface area contributed by atoms with E-state index in [1.165, 1.54) is 24.7 Å². The van der Waals surface area contributed by atoms with Gasteiger partial charge >= 0.3 is 6.18 Å². The molecular formula is C28H20F3N3O4. The average Bonchev–Trinajstić information content (AvgIpc) is 3.33. The van der Waals surface area contributed by atoms with Crippen molar-refractivity contribution in [3.63, 3.8) is 0 Å². The summed E-state index contributed by atoms with van der Waals surface area (Å²) < 4.78 is 55.9. The summed E-state index contributed by atoms with van der Waals surface area (Å²) in [5, 5.41) is 2.95. The number of fused-ring (bicyclic) bond motifs is 1. The zero-order valence-corrected chi connectivity index (χ0v) is 19.7. The van der Waals surface area contributed by atoms with Gasteiger partial charge in [0, 0.05) is 23.2 Å². The lowest BCUT2D eigenvalue weighted by atomic mass is 10.1. The predicted octanol–water partition coefficient (Wildman–Crippen LogP) is 7.00. The molecule has 0 aliphatic heterocycles. The van der Waals surface area contributed by atoms with Gasteiger partial charge in [0.2, 0.25) is 5.88 Å². The first-order valence-corrected chi connectivity index (χ1v) is 11.5. The summed E-state index contributed by atoms with van der Waals surface area (Å²) in [6.45, 7) is 0.717. The maximum atomic E-state index is 13.0. The molecular weight excluding hydrogens is 499 g/mol. The van der Waals surface area contributed by atoms with Crippen LogP contribution in [0.1, 0.15) is 27.2 Å². The number of hydrogen-bond acceptors (Lipinski definition) is 6. The fraction of sp³-hybridized carbons (Fsp3) is 0.107. The first kappa shape index (κ1) is 25.0. The Hall–Kier alpha value is -4.70. The molecule has 2 aromatic heterocycles. The number of benzene rings is 3. The van der Waals surface area contributed by atoms with Gasteiger partial charge in [-0.15, -0.1) is 0 Å². The molecule has 1 amide bonds. The predicted molar refractivity (Wildman–Crippen MR) is 133 cm³/mol. The third kappa shape index (κ3) is 5.98. The van der Waals surface area contributed by atoms with Crippen molar-refractivity contribution in [2.45, 2.75) is 19.4 Å². The van der Waals surface area contributed by atoms with Crippen molar-refractivity contribution >= 4 is 22.6 Å². The number of amides is 1. The van der Waals surface area contributed by atoms with E-state index >= 15 is 0 Å². The summed E-state index contributed by atoms with van der Waals surface area (Å²) in [6.07, 6.45) is -1.90. The number of furan rings is 1. The van der Waals surface area contributed by atoms with Gasteiger partial charge in [-0.2, -0.15) is 13.2 Å². The first-order chi connectivity index (χ1) is 18.3. The van der Waals surface area contributed by atoms with Gasteiger partial charge in [0.25, 0.3) is 5.91 Å². The number of carbonyl (C=O) groups is 1. The van der Waals surface area contributed by atoms with Crippen molar-refractivity contribution < 1.29 is 31.9 Å². The summed E-state index contributed by atoms with van der Waals surface area (Å²) >= 11 is 0. The topological polar surface area (TPSA) is 86.5 Å². The van der Waals surface area contributed by atoms with Crippen LogP contribution in [-0.4, -0.2) is 15.9 Å². The van der Waals surface area contributed by atoms with Crippen LogP contribution < -0.4 is 10.1 Å². The molecule has 7 nitrogen and oxygen atoms in total. The highest BCUT2D eigenvalue weighted by Gasteiger charge is 2.30. The average molecular weight is 519 g/mol. The maximum absolute atomic E-state index is 13.0. The van der Waals surface area contributed by atoms with E-state index in [2.05, 4.69) is 15.3 Å². The van der Waals surface area contributed by atoms with Crippen LogP contribution in [0, 0.1) is 0 Å². The van der Waals surface area contributed by atoms with E-state index in [-0.39, 0.29) is 17.9 Å². The number of nitrogens with zero attached hydrogens (tertiary/aromatic N) is 2. The standard InChI is InChI=1S/C28H20F3N3O4/c29-28(30,31)19-7-4-8-20(11-19)34-27(35)24-16-37-25-13-22(9-10-23(24)25)38-26-12-21(32-17-33-26)15-36-14-18-5-2-1-3-6-18/h1-13,16-17H,14-15H2,(H,34,35). The Bertz CT molecular complexity index is 1570. The molecule has 5 aromatic rings. The number of nitrogens with one attached hydrogen (secondary N) is 1. The Morgan fingerprint density at radius 2 is 1.76 bits per heavy atom. The molecule has 0 bridgehead atoms. The number of rotatable bonds is 8. The lowest BCUT2D eigenvalue weighted by molar-refractivity contribution is -0.137.